The molecule has 4 rings (SSSR count). The predicted molar refractivity (Wildman–Crippen MR) is 168 cm³/mol. The Hall–Kier alpha value is -2.90. The van der Waals surface area contributed by atoms with Gasteiger partial charge in [-0.1, -0.05) is 39.7 Å². The molecule has 2 aliphatic heterocycles. The maximum Gasteiger partial charge on any atom is 0.311 e. The Balaban J connectivity index is 1.42. The van der Waals surface area contributed by atoms with Crippen LogP contribution in [0.2, 0.25) is 0 Å². The van der Waals surface area contributed by atoms with Gasteiger partial charge >= 0.3 is 5.97 Å². The number of rotatable bonds is 12. The molecule has 0 amide bonds. The highest BCUT2D eigenvalue weighted by molar-refractivity contribution is 5.74. The quantitative estimate of drug-likeness (QED) is 0.273. The molecule has 2 N–H and O–H groups in total. The number of piperidine rings is 1. The first kappa shape index (κ1) is 31.0. The zero-order valence-electron chi connectivity index (χ0n) is 26.3. The molecule has 1 fully saturated rings. The molecule has 4 heterocycles. The number of esters is 1. The normalized spacial score (nSPS) is 16.7. The number of anilines is 3. The van der Waals surface area contributed by atoms with E-state index >= 15 is 0 Å². The highest BCUT2D eigenvalue weighted by Gasteiger charge is 2.28. The van der Waals surface area contributed by atoms with Crippen LogP contribution in [0.3, 0.4) is 0 Å². The molecule has 2 aromatic heterocycles. The summed E-state index contributed by atoms with van der Waals surface area (Å²) < 4.78 is 5.81. The van der Waals surface area contributed by atoms with E-state index in [4.69, 9.17) is 14.7 Å². The lowest BCUT2D eigenvalue weighted by Gasteiger charge is -2.34. The lowest BCUT2D eigenvalue weighted by atomic mass is 9.91. The molecule has 2 aromatic rings. The number of carbonyl (C=O) groups excluding carboxylic acids is 1. The minimum Gasteiger partial charge on any atom is -0.460 e. The van der Waals surface area contributed by atoms with Gasteiger partial charge in [0.1, 0.15) is 29.4 Å². The van der Waals surface area contributed by atoms with E-state index in [0.29, 0.717) is 18.4 Å². The highest BCUT2D eigenvalue weighted by atomic mass is 16.6. The van der Waals surface area contributed by atoms with Crippen molar-refractivity contribution in [1.82, 2.24) is 15.0 Å². The van der Waals surface area contributed by atoms with E-state index in [1.54, 1.807) is 6.33 Å². The van der Waals surface area contributed by atoms with Crippen molar-refractivity contribution in [2.45, 2.75) is 111 Å². The Morgan fingerprint density at radius 3 is 2.56 bits per heavy atom. The van der Waals surface area contributed by atoms with E-state index in [1.807, 2.05) is 20.8 Å². The van der Waals surface area contributed by atoms with E-state index in [0.717, 1.165) is 94.0 Å². The van der Waals surface area contributed by atoms with Crippen molar-refractivity contribution >= 4 is 23.4 Å². The second-order valence-electron chi connectivity index (χ2n) is 12.8. The van der Waals surface area contributed by atoms with Crippen LogP contribution in [0.25, 0.3) is 0 Å². The van der Waals surface area contributed by atoms with Crippen molar-refractivity contribution in [2.24, 2.45) is 11.8 Å². The first-order valence-electron chi connectivity index (χ1n) is 16.0. The molecule has 8 nitrogen and oxygen atoms in total. The monoisotopic (exact) mass is 564 g/mol. The van der Waals surface area contributed by atoms with Crippen LogP contribution in [-0.4, -0.2) is 52.7 Å². The smallest absolute Gasteiger partial charge is 0.311 e. The summed E-state index contributed by atoms with van der Waals surface area (Å²) >= 11 is 0. The predicted octanol–water partition coefficient (Wildman–Crippen LogP) is 6.76. The number of fused-ring (bicyclic) bond motifs is 1. The number of nitrogens with zero attached hydrogens (tertiary/aromatic N) is 4. The minimum atomic E-state index is -0.502. The molecule has 0 radical (unpaired) electrons. The molecule has 1 atom stereocenters. The summed E-state index contributed by atoms with van der Waals surface area (Å²) in [6.45, 7) is 15.8. The molecule has 0 bridgehead atoms. The van der Waals surface area contributed by atoms with Gasteiger partial charge in [0.2, 0.25) is 0 Å². The van der Waals surface area contributed by atoms with Gasteiger partial charge in [-0.3, -0.25) is 4.79 Å². The van der Waals surface area contributed by atoms with Gasteiger partial charge in [-0.05, 0) is 83.3 Å². The van der Waals surface area contributed by atoms with Crippen molar-refractivity contribution in [1.29, 1.82) is 0 Å². The fraction of sp³-hybridized carbons (Fsp3) is 0.697. The summed E-state index contributed by atoms with van der Waals surface area (Å²) in [6, 6.07) is 4.50. The van der Waals surface area contributed by atoms with Crippen molar-refractivity contribution in [3.63, 3.8) is 0 Å². The molecule has 0 unspecified atom stereocenters. The maximum atomic E-state index is 13.2. The van der Waals surface area contributed by atoms with E-state index < -0.39 is 5.60 Å². The number of aryl methyl sites for hydroxylation is 1. The lowest BCUT2D eigenvalue weighted by molar-refractivity contribution is -0.159. The van der Waals surface area contributed by atoms with Crippen LogP contribution in [0.15, 0.2) is 18.5 Å². The molecule has 0 aliphatic carbocycles. The summed E-state index contributed by atoms with van der Waals surface area (Å²) in [5.74, 6) is 3.68. The van der Waals surface area contributed by atoms with Crippen molar-refractivity contribution in [2.75, 3.05) is 41.7 Å². The number of aromatic nitrogens is 3. The zero-order valence-corrected chi connectivity index (χ0v) is 26.3. The van der Waals surface area contributed by atoms with Crippen LogP contribution >= 0.6 is 0 Å². The molecule has 226 valence electrons. The number of nitrogens with one attached hydrogen (secondary N) is 2. The van der Waals surface area contributed by atoms with Gasteiger partial charge < -0.3 is 20.3 Å². The number of hydrogen-bond donors (Lipinski definition) is 2. The number of carbonyl (C=O) groups is 1. The van der Waals surface area contributed by atoms with E-state index in [-0.39, 0.29) is 11.9 Å². The Kier molecular flexibility index (Phi) is 10.8. The molecule has 0 saturated carbocycles. The van der Waals surface area contributed by atoms with Gasteiger partial charge in [0, 0.05) is 43.4 Å². The topological polar surface area (TPSA) is 92.3 Å². The number of ether oxygens (including phenoxy) is 1. The SMILES string of the molecule is CCc1c(NC[C@H](CCC(CC)CC)C(=O)OC(C)(C)C)ncnc1N1CCC(c2ccc3c(n2)NCCC3)CC1. The number of pyridine rings is 1. The van der Waals surface area contributed by atoms with Crippen LogP contribution in [-0.2, 0) is 22.4 Å². The molecule has 41 heavy (non-hydrogen) atoms. The third-order valence-corrected chi connectivity index (χ3v) is 8.74. The Bertz CT molecular complexity index is 1140. The van der Waals surface area contributed by atoms with Gasteiger partial charge in [0.15, 0.2) is 0 Å². The zero-order chi connectivity index (χ0) is 29.4. The summed E-state index contributed by atoms with van der Waals surface area (Å²) in [4.78, 5) is 29.9. The van der Waals surface area contributed by atoms with Crippen LogP contribution < -0.4 is 15.5 Å². The summed E-state index contributed by atoms with van der Waals surface area (Å²) in [6.07, 6.45) is 11.0. The molecule has 0 aromatic carbocycles. The fourth-order valence-corrected chi connectivity index (χ4v) is 6.15. The first-order chi connectivity index (χ1) is 19.7. The Labute approximate surface area is 247 Å². The molecule has 8 heteroatoms. The van der Waals surface area contributed by atoms with E-state index in [9.17, 15) is 4.79 Å². The van der Waals surface area contributed by atoms with Crippen LogP contribution in [0, 0.1) is 11.8 Å². The molecular formula is C33H52N6O2. The molecule has 0 spiro atoms. The van der Waals surface area contributed by atoms with Crippen molar-refractivity contribution < 1.29 is 9.53 Å². The van der Waals surface area contributed by atoms with Gasteiger partial charge in [-0.15, -0.1) is 0 Å². The summed E-state index contributed by atoms with van der Waals surface area (Å²) in [5.41, 5.74) is 3.17. The average Bonchev–Trinajstić information content (AvgIpc) is 2.97. The van der Waals surface area contributed by atoms with Gasteiger partial charge in [-0.2, -0.15) is 0 Å². The van der Waals surface area contributed by atoms with Gasteiger partial charge in [0.25, 0.3) is 0 Å². The summed E-state index contributed by atoms with van der Waals surface area (Å²) in [5, 5.41) is 7.02. The third kappa shape index (κ3) is 8.32. The second kappa shape index (κ2) is 14.3. The molecular weight excluding hydrogens is 512 g/mol. The van der Waals surface area contributed by atoms with Crippen LogP contribution in [0.5, 0.6) is 0 Å². The fourth-order valence-electron chi connectivity index (χ4n) is 6.15. The second-order valence-corrected chi connectivity index (χ2v) is 12.8. The van der Waals surface area contributed by atoms with Gasteiger partial charge in [0.05, 0.1) is 5.92 Å². The standard InChI is InChI=1S/C33H52N6O2/c1-7-23(8-2)12-13-26(32(40)41-33(4,5)6)21-35-30-27(9-3)31(37-22-36-30)39-19-16-24(17-20-39)28-15-14-25-11-10-18-34-29(25)38-28/h14-15,22-24,26H,7-13,16-21H2,1-6H3,(H,34,38)(H,35,36,37)/t26-/m0/s1. The van der Waals surface area contributed by atoms with Crippen LogP contribution in [0.4, 0.5) is 17.5 Å². The Morgan fingerprint density at radius 1 is 1.12 bits per heavy atom. The third-order valence-electron chi connectivity index (χ3n) is 8.74. The number of hydrogen-bond acceptors (Lipinski definition) is 8. The molecule has 1 saturated heterocycles. The maximum absolute atomic E-state index is 13.2. The Morgan fingerprint density at radius 2 is 1.88 bits per heavy atom. The largest absolute Gasteiger partial charge is 0.460 e. The molecule has 2 aliphatic rings. The van der Waals surface area contributed by atoms with E-state index in [1.165, 1.54) is 17.7 Å². The van der Waals surface area contributed by atoms with Gasteiger partial charge in [-0.25, -0.2) is 15.0 Å². The minimum absolute atomic E-state index is 0.128. The van der Waals surface area contributed by atoms with Crippen LogP contribution in [0.1, 0.15) is 109 Å². The van der Waals surface area contributed by atoms with E-state index in [2.05, 4.69) is 53.4 Å². The lowest BCUT2D eigenvalue weighted by Crippen LogP contribution is -2.35. The van der Waals surface area contributed by atoms with Crippen molar-refractivity contribution in [3.8, 4) is 0 Å². The highest BCUT2D eigenvalue weighted by Crippen LogP contribution is 2.33. The summed E-state index contributed by atoms with van der Waals surface area (Å²) in [7, 11) is 0. The van der Waals surface area contributed by atoms with Crippen molar-refractivity contribution in [3.05, 3.63) is 35.3 Å². The average molecular weight is 565 g/mol. The first-order valence-corrected chi connectivity index (χ1v) is 16.0.